The highest BCUT2D eigenvalue weighted by Crippen LogP contribution is 2.39. The number of nitrogens with zero attached hydrogens (tertiary/aromatic N) is 2. The second-order valence-electron chi connectivity index (χ2n) is 5.27. The Labute approximate surface area is 158 Å². The van der Waals surface area contributed by atoms with Crippen LogP contribution in [-0.2, 0) is 14.3 Å². The van der Waals surface area contributed by atoms with Crippen molar-refractivity contribution in [2.75, 3.05) is 21.3 Å². The summed E-state index contributed by atoms with van der Waals surface area (Å²) in [5.74, 6) is -1.13. The summed E-state index contributed by atoms with van der Waals surface area (Å²) < 4.78 is 14.7. The van der Waals surface area contributed by atoms with E-state index in [0.29, 0.717) is 11.8 Å². The van der Waals surface area contributed by atoms with Crippen molar-refractivity contribution < 1.29 is 33.5 Å². The molecule has 1 aliphatic rings. The SMILES string of the molecule is COC(=O)[C@@H](C)N1C(=O)S/C(=C/c2cc(OC)c(OC)cc2[N+](=O)[O-])C1=O. The van der Waals surface area contributed by atoms with Crippen LogP contribution in [0.15, 0.2) is 17.0 Å². The van der Waals surface area contributed by atoms with Gasteiger partial charge in [0.15, 0.2) is 11.5 Å². The van der Waals surface area contributed by atoms with Crippen molar-refractivity contribution >= 4 is 40.6 Å². The van der Waals surface area contributed by atoms with E-state index in [0.717, 1.165) is 18.1 Å². The molecule has 0 saturated carbocycles. The zero-order chi connectivity index (χ0) is 20.3. The molecular formula is C16H16N2O8S. The van der Waals surface area contributed by atoms with E-state index in [-0.39, 0.29) is 27.7 Å². The van der Waals surface area contributed by atoms with Crippen LogP contribution in [0, 0.1) is 10.1 Å². The number of carbonyl (C=O) groups excluding carboxylic acids is 3. The number of rotatable bonds is 6. The van der Waals surface area contributed by atoms with Crippen molar-refractivity contribution in [2.24, 2.45) is 0 Å². The average molecular weight is 396 g/mol. The first kappa shape index (κ1) is 20.2. The molecule has 1 heterocycles. The van der Waals surface area contributed by atoms with Gasteiger partial charge in [-0.15, -0.1) is 0 Å². The number of nitro benzene ring substituents is 1. The molecule has 1 aromatic rings. The number of methoxy groups -OCH3 is 3. The molecule has 1 fully saturated rings. The van der Waals surface area contributed by atoms with Gasteiger partial charge in [-0.05, 0) is 30.8 Å². The summed E-state index contributed by atoms with van der Waals surface area (Å²) in [4.78, 5) is 47.7. The quantitative estimate of drug-likeness (QED) is 0.308. The Hall–Kier alpha value is -3.08. The van der Waals surface area contributed by atoms with Gasteiger partial charge in [0.2, 0.25) is 0 Å². The molecule has 0 bridgehead atoms. The predicted molar refractivity (Wildman–Crippen MR) is 95.5 cm³/mol. The third kappa shape index (κ3) is 3.87. The fourth-order valence-corrected chi connectivity index (χ4v) is 3.29. The Morgan fingerprint density at radius 1 is 1.22 bits per heavy atom. The van der Waals surface area contributed by atoms with Gasteiger partial charge in [0.05, 0.1) is 42.8 Å². The third-order valence-electron chi connectivity index (χ3n) is 3.77. The number of hydrogen-bond acceptors (Lipinski definition) is 9. The van der Waals surface area contributed by atoms with Gasteiger partial charge in [0, 0.05) is 0 Å². The number of hydrogen-bond donors (Lipinski definition) is 0. The van der Waals surface area contributed by atoms with Gasteiger partial charge in [-0.25, -0.2) is 4.79 Å². The molecule has 1 aliphatic heterocycles. The summed E-state index contributed by atoms with van der Waals surface area (Å²) in [5, 5.41) is 10.7. The molecule has 1 saturated heterocycles. The number of carbonyl (C=O) groups is 3. The number of benzene rings is 1. The Bertz CT molecular complexity index is 851. The second kappa shape index (κ2) is 8.08. The number of nitro groups is 1. The van der Waals surface area contributed by atoms with Gasteiger partial charge in [0.1, 0.15) is 6.04 Å². The number of ether oxygens (including phenoxy) is 3. The van der Waals surface area contributed by atoms with E-state index in [1.807, 2.05) is 0 Å². The van der Waals surface area contributed by atoms with Crippen LogP contribution in [0.1, 0.15) is 12.5 Å². The maximum Gasteiger partial charge on any atom is 0.328 e. The van der Waals surface area contributed by atoms with Crippen molar-refractivity contribution in [1.82, 2.24) is 4.90 Å². The summed E-state index contributed by atoms with van der Waals surface area (Å²) in [6.45, 7) is 1.35. The zero-order valence-corrected chi connectivity index (χ0v) is 15.7. The number of imide groups is 1. The van der Waals surface area contributed by atoms with Crippen molar-refractivity contribution in [3.8, 4) is 11.5 Å². The summed E-state index contributed by atoms with van der Waals surface area (Å²) in [7, 11) is 3.83. The van der Waals surface area contributed by atoms with Crippen LogP contribution in [0.5, 0.6) is 11.5 Å². The standard InChI is InChI=1S/C16H16N2O8S/c1-8(15(20)26-4)17-14(19)13(27-16(17)21)6-9-5-11(24-2)12(25-3)7-10(9)18(22)23/h5-8H,1-4H3/b13-6+/t8-/m1/s1. The number of amides is 2. The summed E-state index contributed by atoms with van der Waals surface area (Å²) in [6.07, 6.45) is 1.20. The highest BCUT2D eigenvalue weighted by Gasteiger charge is 2.41. The Kier molecular flexibility index (Phi) is 6.05. The van der Waals surface area contributed by atoms with Crippen LogP contribution in [-0.4, -0.2) is 54.3 Å². The molecule has 11 heteroatoms. The molecule has 27 heavy (non-hydrogen) atoms. The summed E-state index contributed by atoms with van der Waals surface area (Å²) in [5.41, 5.74) is -0.283. The van der Waals surface area contributed by atoms with E-state index in [4.69, 9.17) is 9.47 Å². The van der Waals surface area contributed by atoms with Gasteiger partial charge < -0.3 is 14.2 Å². The van der Waals surface area contributed by atoms with E-state index in [9.17, 15) is 24.5 Å². The van der Waals surface area contributed by atoms with Crippen LogP contribution in [0.3, 0.4) is 0 Å². The van der Waals surface area contributed by atoms with Gasteiger partial charge in [0.25, 0.3) is 16.8 Å². The minimum absolute atomic E-state index is 0.0499. The molecule has 0 N–H and O–H groups in total. The lowest BCUT2D eigenvalue weighted by Gasteiger charge is -2.18. The molecule has 1 aromatic carbocycles. The average Bonchev–Trinajstić information content (AvgIpc) is 2.92. The number of thioether (sulfide) groups is 1. The van der Waals surface area contributed by atoms with Crippen LogP contribution in [0.2, 0.25) is 0 Å². The molecule has 2 amide bonds. The van der Waals surface area contributed by atoms with Crippen LogP contribution < -0.4 is 9.47 Å². The van der Waals surface area contributed by atoms with Gasteiger partial charge in [-0.1, -0.05) is 0 Å². The van der Waals surface area contributed by atoms with Crippen molar-refractivity contribution in [3.63, 3.8) is 0 Å². The Morgan fingerprint density at radius 2 is 1.81 bits per heavy atom. The third-order valence-corrected chi connectivity index (χ3v) is 4.65. The first-order chi connectivity index (χ1) is 12.7. The smallest absolute Gasteiger partial charge is 0.328 e. The predicted octanol–water partition coefficient (Wildman–Crippen LogP) is 2.21. The fourth-order valence-electron chi connectivity index (χ4n) is 2.39. The van der Waals surface area contributed by atoms with Crippen molar-refractivity contribution in [3.05, 3.63) is 32.7 Å². The summed E-state index contributed by atoms with van der Waals surface area (Å²) >= 11 is 0.573. The highest BCUT2D eigenvalue weighted by atomic mass is 32.2. The largest absolute Gasteiger partial charge is 0.493 e. The zero-order valence-electron chi connectivity index (χ0n) is 14.9. The first-order valence-corrected chi connectivity index (χ1v) is 8.32. The fraction of sp³-hybridized carbons (Fsp3) is 0.312. The van der Waals surface area contributed by atoms with E-state index in [2.05, 4.69) is 4.74 Å². The molecule has 0 aliphatic carbocycles. The first-order valence-electron chi connectivity index (χ1n) is 7.50. The topological polar surface area (TPSA) is 125 Å². The lowest BCUT2D eigenvalue weighted by Crippen LogP contribution is -2.42. The molecule has 0 aromatic heterocycles. The molecule has 0 spiro atoms. The molecule has 1 atom stereocenters. The van der Waals surface area contributed by atoms with E-state index in [1.54, 1.807) is 0 Å². The normalized spacial score (nSPS) is 16.4. The van der Waals surface area contributed by atoms with E-state index < -0.39 is 28.1 Å². The minimum atomic E-state index is -1.12. The monoisotopic (exact) mass is 396 g/mol. The molecule has 2 rings (SSSR count). The van der Waals surface area contributed by atoms with E-state index >= 15 is 0 Å². The molecule has 10 nitrogen and oxygen atoms in total. The molecule has 0 unspecified atom stereocenters. The number of esters is 1. The van der Waals surface area contributed by atoms with Crippen LogP contribution in [0.25, 0.3) is 6.08 Å². The van der Waals surface area contributed by atoms with Gasteiger partial charge in [-0.2, -0.15) is 0 Å². The Balaban J connectivity index is 2.50. The van der Waals surface area contributed by atoms with Crippen LogP contribution >= 0.6 is 11.8 Å². The summed E-state index contributed by atoms with van der Waals surface area (Å²) in [6, 6.07) is 1.37. The van der Waals surface area contributed by atoms with E-state index in [1.165, 1.54) is 33.3 Å². The molecular weight excluding hydrogens is 380 g/mol. The highest BCUT2D eigenvalue weighted by molar-refractivity contribution is 8.18. The van der Waals surface area contributed by atoms with Gasteiger partial charge in [-0.3, -0.25) is 24.6 Å². The molecule has 144 valence electrons. The lowest BCUT2D eigenvalue weighted by molar-refractivity contribution is -0.385. The minimum Gasteiger partial charge on any atom is -0.493 e. The Morgan fingerprint density at radius 3 is 2.33 bits per heavy atom. The lowest BCUT2D eigenvalue weighted by atomic mass is 10.1. The van der Waals surface area contributed by atoms with Crippen LogP contribution in [0.4, 0.5) is 10.5 Å². The van der Waals surface area contributed by atoms with Crippen molar-refractivity contribution in [1.29, 1.82) is 0 Å². The van der Waals surface area contributed by atoms with Gasteiger partial charge >= 0.3 is 5.97 Å². The maximum atomic E-state index is 12.5. The van der Waals surface area contributed by atoms with Crippen molar-refractivity contribution in [2.45, 2.75) is 13.0 Å². The molecule has 0 radical (unpaired) electrons. The maximum absolute atomic E-state index is 12.5. The second-order valence-corrected chi connectivity index (χ2v) is 6.27.